The summed E-state index contributed by atoms with van der Waals surface area (Å²) in [6, 6.07) is 0. The summed E-state index contributed by atoms with van der Waals surface area (Å²) in [6.45, 7) is 5.92. The first-order chi connectivity index (χ1) is 36.6. The highest BCUT2D eigenvalue weighted by Crippen LogP contribution is 2.26. The molecule has 0 aromatic carbocycles. The monoisotopic (exact) mass is 1060 g/mol. The zero-order valence-electron chi connectivity index (χ0n) is 47.8. The third-order valence-corrected chi connectivity index (χ3v) is 13.8. The number of hydrogen-bond donors (Lipinski definition) is 3. The number of allylic oxidation sites excluding steroid dienone is 8. The van der Waals surface area contributed by atoms with Crippen LogP contribution >= 0.6 is 0 Å². The molecule has 1 heterocycles. The Labute approximate surface area is 456 Å². The third kappa shape index (κ3) is 41.5. The Kier molecular flexibility index (Phi) is 47.8. The first kappa shape index (κ1) is 69.7. The smallest absolute Gasteiger partial charge is 0.335 e. The zero-order valence-corrected chi connectivity index (χ0v) is 47.8. The lowest BCUT2D eigenvalue weighted by molar-refractivity contribution is -0.301. The third-order valence-electron chi connectivity index (χ3n) is 13.8. The lowest BCUT2D eigenvalue weighted by Crippen LogP contribution is -2.61. The SMILES string of the molecule is CCC/C=C\C/C=C\CCCCCCCC(=O)OC(COC(=O)CCCCCCCCC/C=C\CCCCCCCC)COC1OC(C(=O)O)C(O)C(O)C1OC(=O)CCCCCCC/C=C\CCCCCCCC. The minimum absolute atomic E-state index is 0.0497. The summed E-state index contributed by atoms with van der Waals surface area (Å²) in [5, 5.41) is 31.5. The van der Waals surface area contributed by atoms with Gasteiger partial charge in [-0.05, 0) is 96.3 Å². The van der Waals surface area contributed by atoms with Crippen LogP contribution in [0.15, 0.2) is 48.6 Å². The molecule has 0 aliphatic carbocycles. The van der Waals surface area contributed by atoms with Crippen molar-refractivity contribution >= 4 is 23.9 Å². The van der Waals surface area contributed by atoms with Crippen molar-refractivity contribution in [3.63, 3.8) is 0 Å². The summed E-state index contributed by atoms with van der Waals surface area (Å²) in [6.07, 6.45) is 49.3. The first-order valence-corrected chi connectivity index (χ1v) is 30.6. The van der Waals surface area contributed by atoms with E-state index in [0.717, 1.165) is 116 Å². The van der Waals surface area contributed by atoms with Gasteiger partial charge in [-0.2, -0.15) is 0 Å². The minimum atomic E-state index is -1.91. The molecule has 0 spiro atoms. The molecule has 434 valence electrons. The van der Waals surface area contributed by atoms with Gasteiger partial charge in [0.1, 0.15) is 18.8 Å². The van der Waals surface area contributed by atoms with E-state index in [-0.39, 0.29) is 25.9 Å². The Morgan fingerprint density at radius 3 is 1.27 bits per heavy atom. The van der Waals surface area contributed by atoms with Crippen LogP contribution in [0.25, 0.3) is 0 Å². The molecule has 0 bridgehead atoms. The predicted molar refractivity (Wildman–Crippen MR) is 303 cm³/mol. The van der Waals surface area contributed by atoms with E-state index in [1.807, 2.05) is 0 Å². The number of carbonyl (C=O) groups is 4. The molecule has 12 heteroatoms. The standard InChI is InChI=1S/C63H110O12/c1-4-7-10-13-16-19-22-25-27-28-30-32-34-37-40-43-46-49-55(64)71-52-54(73-56(65)50-47-44-41-38-35-31-24-21-18-15-12-9-6-3)53-72-63-61(59(68)58(67)60(75-63)62(69)70)74-57(66)51-48-45-42-39-36-33-29-26-23-20-17-14-11-8-5-2/h12,15,21,24-27,29,54,58-61,63,67-68H,4-11,13-14,16-20,22-23,28,30-53H2,1-3H3,(H,69,70)/b15-12-,24-21-,27-25-,29-26-. The molecule has 1 fully saturated rings. The van der Waals surface area contributed by atoms with E-state index >= 15 is 0 Å². The van der Waals surface area contributed by atoms with Crippen LogP contribution in [0.5, 0.6) is 0 Å². The van der Waals surface area contributed by atoms with Crippen molar-refractivity contribution in [1.82, 2.24) is 0 Å². The van der Waals surface area contributed by atoms with Crippen LogP contribution in [0.4, 0.5) is 0 Å². The van der Waals surface area contributed by atoms with Gasteiger partial charge in [-0.25, -0.2) is 4.79 Å². The molecular weight excluding hydrogens is 949 g/mol. The summed E-state index contributed by atoms with van der Waals surface area (Å²) in [5.41, 5.74) is 0. The van der Waals surface area contributed by atoms with Crippen molar-refractivity contribution in [2.24, 2.45) is 0 Å². The number of hydrogen-bond acceptors (Lipinski definition) is 11. The van der Waals surface area contributed by atoms with Gasteiger partial charge in [-0.15, -0.1) is 0 Å². The number of ether oxygens (including phenoxy) is 5. The van der Waals surface area contributed by atoms with Crippen LogP contribution in [0.3, 0.4) is 0 Å². The van der Waals surface area contributed by atoms with Gasteiger partial charge in [0.15, 0.2) is 24.6 Å². The van der Waals surface area contributed by atoms with Crippen LogP contribution in [0.2, 0.25) is 0 Å². The molecule has 1 aliphatic rings. The second-order valence-corrected chi connectivity index (χ2v) is 21.0. The van der Waals surface area contributed by atoms with Gasteiger partial charge in [0, 0.05) is 19.3 Å². The summed E-state index contributed by atoms with van der Waals surface area (Å²) < 4.78 is 28.4. The second-order valence-electron chi connectivity index (χ2n) is 21.0. The number of carboxylic acids is 1. The van der Waals surface area contributed by atoms with Crippen LogP contribution in [0, 0.1) is 0 Å². The number of rotatable bonds is 52. The highest BCUT2D eigenvalue weighted by Gasteiger charge is 2.50. The Bertz CT molecular complexity index is 1490. The van der Waals surface area contributed by atoms with Crippen molar-refractivity contribution in [3.8, 4) is 0 Å². The molecule has 1 rings (SSSR count). The van der Waals surface area contributed by atoms with Crippen molar-refractivity contribution in [3.05, 3.63) is 48.6 Å². The van der Waals surface area contributed by atoms with Crippen LogP contribution in [-0.4, -0.2) is 89.2 Å². The van der Waals surface area contributed by atoms with E-state index in [0.29, 0.717) is 19.3 Å². The Morgan fingerprint density at radius 1 is 0.440 bits per heavy atom. The topological polar surface area (TPSA) is 175 Å². The molecule has 6 atom stereocenters. The van der Waals surface area contributed by atoms with E-state index in [2.05, 4.69) is 69.4 Å². The lowest BCUT2D eigenvalue weighted by Gasteiger charge is -2.40. The van der Waals surface area contributed by atoms with Gasteiger partial charge in [-0.3, -0.25) is 14.4 Å². The van der Waals surface area contributed by atoms with E-state index in [9.17, 15) is 34.5 Å². The number of aliphatic hydroxyl groups is 2. The maximum Gasteiger partial charge on any atom is 0.335 e. The molecule has 0 amide bonds. The largest absolute Gasteiger partial charge is 0.479 e. The normalized spacial score (nSPS) is 18.4. The molecule has 0 radical (unpaired) electrons. The molecule has 1 aliphatic heterocycles. The van der Waals surface area contributed by atoms with Gasteiger partial charge >= 0.3 is 23.9 Å². The molecule has 0 aromatic heterocycles. The van der Waals surface area contributed by atoms with E-state index in [1.165, 1.54) is 103 Å². The summed E-state index contributed by atoms with van der Waals surface area (Å²) in [7, 11) is 0. The van der Waals surface area contributed by atoms with Crippen molar-refractivity contribution in [2.75, 3.05) is 13.2 Å². The van der Waals surface area contributed by atoms with Crippen molar-refractivity contribution in [1.29, 1.82) is 0 Å². The molecule has 1 saturated heterocycles. The highest BCUT2D eigenvalue weighted by molar-refractivity contribution is 5.74. The van der Waals surface area contributed by atoms with Gasteiger partial charge in [0.25, 0.3) is 0 Å². The number of esters is 3. The number of carbonyl (C=O) groups excluding carboxylic acids is 3. The molecule has 6 unspecified atom stereocenters. The molecule has 75 heavy (non-hydrogen) atoms. The van der Waals surface area contributed by atoms with Crippen LogP contribution in [-0.2, 0) is 42.9 Å². The fourth-order valence-electron chi connectivity index (χ4n) is 9.10. The fourth-order valence-corrected chi connectivity index (χ4v) is 9.10. The molecule has 0 saturated carbocycles. The van der Waals surface area contributed by atoms with Gasteiger partial charge in [-0.1, -0.05) is 211 Å². The predicted octanol–water partition coefficient (Wildman–Crippen LogP) is 15.8. The molecule has 12 nitrogen and oxygen atoms in total. The minimum Gasteiger partial charge on any atom is -0.479 e. The number of aliphatic carboxylic acids is 1. The zero-order chi connectivity index (χ0) is 54.7. The Hall–Kier alpha value is -3.32. The number of unbranched alkanes of at least 4 members (excludes halogenated alkanes) is 30. The molecule has 0 aromatic rings. The Balaban J connectivity index is 2.68. The first-order valence-electron chi connectivity index (χ1n) is 30.6. The maximum absolute atomic E-state index is 13.1. The fraction of sp³-hybridized carbons (Fsp3) is 0.810. The maximum atomic E-state index is 13.1. The number of aliphatic hydroxyl groups excluding tert-OH is 2. The van der Waals surface area contributed by atoms with E-state index in [4.69, 9.17) is 23.7 Å². The molecular formula is C63H110O12. The second kappa shape index (κ2) is 51.4. The molecule has 3 N–H and O–H groups in total. The highest BCUT2D eigenvalue weighted by atomic mass is 16.7. The average molecular weight is 1060 g/mol. The average Bonchev–Trinajstić information content (AvgIpc) is 3.39. The van der Waals surface area contributed by atoms with Crippen LogP contribution in [0.1, 0.15) is 278 Å². The van der Waals surface area contributed by atoms with E-state index in [1.54, 1.807) is 0 Å². The summed E-state index contributed by atoms with van der Waals surface area (Å²) >= 11 is 0. The van der Waals surface area contributed by atoms with Gasteiger partial charge in [0.2, 0.25) is 0 Å². The van der Waals surface area contributed by atoms with Gasteiger partial charge in [0.05, 0.1) is 6.61 Å². The summed E-state index contributed by atoms with van der Waals surface area (Å²) in [4.78, 5) is 51.1. The van der Waals surface area contributed by atoms with E-state index < -0.39 is 67.3 Å². The lowest BCUT2D eigenvalue weighted by atomic mass is 9.98. The summed E-state index contributed by atoms with van der Waals surface area (Å²) in [5.74, 6) is -3.14. The Morgan fingerprint density at radius 2 is 0.827 bits per heavy atom. The number of carboxylic acid groups (broad SMARTS) is 1. The van der Waals surface area contributed by atoms with Crippen molar-refractivity contribution < 1.29 is 58.2 Å². The van der Waals surface area contributed by atoms with Crippen molar-refractivity contribution in [2.45, 2.75) is 314 Å². The quantitative estimate of drug-likeness (QED) is 0.0228. The van der Waals surface area contributed by atoms with Crippen LogP contribution < -0.4 is 0 Å². The van der Waals surface area contributed by atoms with Gasteiger partial charge < -0.3 is 39.0 Å².